The number of carbonyl (C=O) groups is 1. The van der Waals surface area contributed by atoms with Gasteiger partial charge in [-0.05, 0) is 37.1 Å². The van der Waals surface area contributed by atoms with E-state index in [0.717, 1.165) is 24.9 Å². The smallest absolute Gasteiger partial charge is 0.274 e. The summed E-state index contributed by atoms with van der Waals surface area (Å²) in [5.41, 5.74) is 9.99. The van der Waals surface area contributed by atoms with Crippen LogP contribution in [0, 0.1) is 0 Å². The molecule has 0 radical (unpaired) electrons. The van der Waals surface area contributed by atoms with Crippen LogP contribution in [0.25, 0.3) is 22.3 Å². The third-order valence-corrected chi connectivity index (χ3v) is 5.44. The fraction of sp³-hybridized carbons (Fsp3) is 0.300. The fourth-order valence-corrected chi connectivity index (χ4v) is 3.67. The molecule has 1 spiro atoms. The van der Waals surface area contributed by atoms with E-state index in [4.69, 9.17) is 15.7 Å². The van der Waals surface area contributed by atoms with E-state index >= 15 is 0 Å². The minimum atomic E-state index is -0.581. The average Bonchev–Trinajstić information content (AvgIpc) is 3.50. The normalized spacial score (nSPS) is 17.5. The Morgan fingerprint density at radius 1 is 1.21 bits per heavy atom. The molecule has 3 aromatic rings. The molecule has 1 amide bonds. The summed E-state index contributed by atoms with van der Waals surface area (Å²) in [6.45, 7) is 2.12. The second kappa shape index (κ2) is 6.64. The van der Waals surface area contributed by atoms with Crippen molar-refractivity contribution >= 4 is 28.7 Å². The Morgan fingerprint density at radius 2 is 2.07 bits per heavy atom. The summed E-state index contributed by atoms with van der Waals surface area (Å²) in [4.78, 5) is 27.6. The van der Waals surface area contributed by atoms with Crippen LogP contribution in [0.1, 0.15) is 23.2 Å². The number of nitrogens with zero attached hydrogens (tertiary/aromatic N) is 4. The van der Waals surface area contributed by atoms with Gasteiger partial charge in [0, 0.05) is 24.2 Å². The molecule has 5 rings (SSSR count). The van der Waals surface area contributed by atoms with Gasteiger partial charge in [-0.1, -0.05) is 12.1 Å². The summed E-state index contributed by atoms with van der Waals surface area (Å²) in [5, 5.41) is 9.53. The van der Waals surface area contributed by atoms with Crippen LogP contribution in [0.3, 0.4) is 0 Å². The zero-order valence-electron chi connectivity index (χ0n) is 15.6. The molecular formula is C20H20N6O3. The molecule has 2 fully saturated rings. The number of nitrogens with two attached hydrogens (primary N) is 1. The second-order valence-electron chi connectivity index (χ2n) is 7.45. The number of rotatable bonds is 3. The average molecular weight is 392 g/mol. The van der Waals surface area contributed by atoms with Gasteiger partial charge < -0.3 is 15.4 Å². The first-order chi connectivity index (χ1) is 14.1. The number of benzene rings is 1. The van der Waals surface area contributed by atoms with Gasteiger partial charge in [0.15, 0.2) is 5.65 Å². The molecule has 148 valence electrons. The summed E-state index contributed by atoms with van der Waals surface area (Å²) in [7, 11) is 0. The lowest BCUT2D eigenvalue weighted by molar-refractivity contribution is 0.0201. The molecule has 9 nitrogen and oxygen atoms in total. The number of morpholine rings is 1. The standard InChI is InChI=1S/C20H20N6O3/c21-16-14-4-5-15(12-2-1-3-13(10-12)18(27)25-28)22-17(14)24-19(23-16)26-8-9-29-20(11-26)6-7-20/h1-5,10,28H,6-9,11H2,(H,25,27)(H2,21,22,23,24). The number of hydrogen-bond acceptors (Lipinski definition) is 8. The van der Waals surface area contributed by atoms with Gasteiger partial charge in [-0.2, -0.15) is 9.97 Å². The number of nitrogen functional groups attached to an aromatic ring is 1. The van der Waals surface area contributed by atoms with E-state index in [0.29, 0.717) is 47.2 Å². The van der Waals surface area contributed by atoms with Crippen LogP contribution < -0.4 is 16.1 Å². The van der Waals surface area contributed by atoms with Crippen molar-refractivity contribution in [3.05, 3.63) is 42.0 Å². The van der Waals surface area contributed by atoms with Crippen molar-refractivity contribution in [3.63, 3.8) is 0 Å². The molecule has 1 aliphatic heterocycles. The molecule has 0 unspecified atom stereocenters. The number of ether oxygens (including phenoxy) is 1. The summed E-state index contributed by atoms with van der Waals surface area (Å²) < 4.78 is 5.87. The maximum atomic E-state index is 11.7. The van der Waals surface area contributed by atoms with E-state index in [1.807, 2.05) is 18.2 Å². The number of nitrogens with one attached hydrogen (secondary N) is 1. The van der Waals surface area contributed by atoms with Gasteiger partial charge >= 0.3 is 0 Å². The number of aromatic nitrogens is 3. The van der Waals surface area contributed by atoms with Gasteiger partial charge in [-0.15, -0.1) is 0 Å². The number of amides is 1. The lowest BCUT2D eigenvalue weighted by Gasteiger charge is -2.33. The molecule has 1 aromatic carbocycles. The Morgan fingerprint density at radius 3 is 2.86 bits per heavy atom. The van der Waals surface area contributed by atoms with Crippen molar-refractivity contribution in [2.75, 3.05) is 30.3 Å². The highest BCUT2D eigenvalue weighted by atomic mass is 16.5. The molecule has 0 atom stereocenters. The first-order valence-electron chi connectivity index (χ1n) is 9.45. The van der Waals surface area contributed by atoms with Crippen LogP contribution in [-0.4, -0.2) is 51.4 Å². The van der Waals surface area contributed by atoms with E-state index in [2.05, 4.69) is 19.9 Å². The largest absolute Gasteiger partial charge is 0.383 e. The van der Waals surface area contributed by atoms with E-state index in [1.165, 1.54) is 0 Å². The number of pyridine rings is 1. The highest BCUT2D eigenvalue weighted by Gasteiger charge is 2.48. The quantitative estimate of drug-likeness (QED) is 0.455. The number of hydroxylamine groups is 1. The Kier molecular flexibility index (Phi) is 4.07. The second-order valence-corrected chi connectivity index (χ2v) is 7.45. The molecule has 2 aromatic heterocycles. The van der Waals surface area contributed by atoms with Crippen molar-refractivity contribution in [1.82, 2.24) is 20.4 Å². The molecule has 0 bridgehead atoms. The lowest BCUT2D eigenvalue weighted by atomic mass is 10.1. The minimum Gasteiger partial charge on any atom is -0.383 e. The number of anilines is 2. The topological polar surface area (TPSA) is 126 Å². The lowest BCUT2D eigenvalue weighted by Crippen LogP contribution is -2.44. The van der Waals surface area contributed by atoms with Crippen molar-refractivity contribution in [3.8, 4) is 11.3 Å². The van der Waals surface area contributed by atoms with E-state index in [9.17, 15) is 4.79 Å². The molecule has 29 heavy (non-hydrogen) atoms. The molecule has 1 saturated carbocycles. The molecule has 1 aliphatic carbocycles. The van der Waals surface area contributed by atoms with Crippen molar-refractivity contribution in [2.45, 2.75) is 18.4 Å². The first-order valence-corrected chi connectivity index (χ1v) is 9.45. The summed E-state index contributed by atoms with van der Waals surface area (Å²) in [6.07, 6.45) is 2.12. The maximum Gasteiger partial charge on any atom is 0.274 e. The molecule has 2 aliphatic rings. The van der Waals surface area contributed by atoms with Gasteiger partial charge in [0.1, 0.15) is 5.82 Å². The van der Waals surface area contributed by atoms with Crippen LogP contribution in [0.4, 0.5) is 11.8 Å². The van der Waals surface area contributed by atoms with E-state index in [1.54, 1.807) is 23.7 Å². The van der Waals surface area contributed by atoms with Gasteiger partial charge in [0.25, 0.3) is 5.91 Å². The Hall–Kier alpha value is -3.30. The highest BCUT2D eigenvalue weighted by Crippen LogP contribution is 2.42. The molecule has 1 saturated heterocycles. The van der Waals surface area contributed by atoms with Crippen LogP contribution in [-0.2, 0) is 4.74 Å². The Bertz CT molecular complexity index is 1110. The van der Waals surface area contributed by atoms with Crippen LogP contribution in [0.15, 0.2) is 36.4 Å². The zero-order valence-corrected chi connectivity index (χ0v) is 15.6. The van der Waals surface area contributed by atoms with Crippen LogP contribution in [0.5, 0.6) is 0 Å². The predicted molar refractivity (Wildman–Crippen MR) is 107 cm³/mol. The molecule has 9 heteroatoms. The first kappa shape index (κ1) is 17.8. The van der Waals surface area contributed by atoms with E-state index in [-0.39, 0.29) is 5.60 Å². The van der Waals surface area contributed by atoms with Gasteiger partial charge in [-0.25, -0.2) is 10.5 Å². The maximum absolute atomic E-state index is 11.7. The Balaban J connectivity index is 1.53. The minimum absolute atomic E-state index is 0.0473. The number of fused-ring (bicyclic) bond motifs is 1. The van der Waals surface area contributed by atoms with Crippen molar-refractivity contribution in [1.29, 1.82) is 0 Å². The highest BCUT2D eigenvalue weighted by molar-refractivity contribution is 5.95. The molecule has 3 heterocycles. The monoisotopic (exact) mass is 392 g/mol. The molecule has 4 N–H and O–H groups in total. The van der Waals surface area contributed by atoms with Gasteiger partial charge in [0.05, 0.1) is 23.3 Å². The Labute approximate surface area is 166 Å². The molecular weight excluding hydrogens is 372 g/mol. The zero-order chi connectivity index (χ0) is 20.0. The number of hydrogen-bond donors (Lipinski definition) is 3. The third-order valence-electron chi connectivity index (χ3n) is 5.44. The fourth-order valence-electron chi connectivity index (χ4n) is 3.67. The predicted octanol–water partition coefficient (Wildman–Crippen LogP) is 1.76. The summed E-state index contributed by atoms with van der Waals surface area (Å²) >= 11 is 0. The van der Waals surface area contributed by atoms with Crippen molar-refractivity contribution < 1.29 is 14.7 Å². The van der Waals surface area contributed by atoms with Crippen LogP contribution in [0.2, 0.25) is 0 Å². The van der Waals surface area contributed by atoms with Gasteiger partial charge in [-0.3, -0.25) is 10.0 Å². The van der Waals surface area contributed by atoms with E-state index < -0.39 is 5.91 Å². The summed E-state index contributed by atoms with van der Waals surface area (Å²) in [5.74, 6) is 0.360. The van der Waals surface area contributed by atoms with Gasteiger partial charge in [0.2, 0.25) is 5.95 Å². The number of carbonyl (C=O) groups excluding carboxylic acids is 1. The third kappa shape index (κ3) is 3.24. The van der Waals surface area contributed by atoms with Crippen LogP contribution >= 0.6 is 0 Å². The summed E-state index contributed by atoms with van der Waals surface area (Å²) in [6, 6.07) is 10.5. The van der Waals surface area contributed by atoms with Crippen molar-refractivity contribution in [2.24, 2.45) is 0 Å². The SMILES string of the molecule is Nc1nc(N2CCOC3(CC3)C2)nc2nc(-c3cccc(C(=O)NO)c3)ccc12.